The molecule has 0 amide bonds. The number of benzene rings is 1. The highest BCUT2D eigenvalue weighted by atomic mass is 16.4. The Hall–Kier alpha value is -1.31. The summed E-state index contributed by atoms with van der Waals surface area (Å²) < 4.78 is 0. The predicted octanol–water partition coefficient (Wildman–Crippen LogP) is 2.11. The first-order valence-corrected chi connectivity index (χ1v) is 3.49. The van der Waals surface area contributed by atoms with Gasteiger partial charge in [0.25, 0.3) is 0 Å². The van der Waals surface area contributed by atoms with Gasteiger partial charge in [0.05, 0.1) is 6.21 Å². The zero-order valence-electron chi connectivity index (χ0n) is 6.70. The highest BCUT2D eigenvalue weighted by Gasteiger charge is 1.96. The predicted molar refractivity (Wildman–Crippen MR) is 45.3 cm³/mol. The SMILES string of the molecule is Cc1cccc(C)c1C=NO. The molecule has 0 saturated heterocycles. The van der Waals surface area contributed by atoms with Crippen LogP contribution < -0.4 is 0 Å². The van der Waals surface area contributed by atoms with Gasteiger partial charge in [0.15, 0.2) is 0 Å². The van der Waals surface area contributed by atoms with Crippen LogP contribution in [0.25, 0.3) is 0 Å². The fourth-order valence-electron chi connectivity index (χ4n) is 1.09. The summed E-state index contributed by atoms with van der Waals surface area (Å²) in [5, 5.41) is 11.3. The number of rotatable bonds is 1. The van der Waals surface area contributed by atoms with Crippen molar-refractivity contribution in [3.8, 4) is 0 Å². The molecule has 0 aliphatic rings. The molecule has 0 bridgehead atoms. The maximum atomic E-state index is 8.34. The minimum atomic E-state index is 0.995. The van der Waals surface area contributed by atoms with Gasteiger partial charge >= 0.3 is 0 Å². The van der Waals surface area contributed by atoms with E-state index >= 15 is 0 Å². The maximum absolute atomic E-state index is 8.34. The lowest BCUT2D eigenvalue weighted by Gasteiger charge is -2.01. The van der Waals surface area contributed by atoms with Crippen molar-refractivity contribution in [1.82, 2.24) is 0 Å². The van der Waals surface area contributed by atoms with Gasteiger partial charge in [-0.1, -0.05) is 23.4 Å². The largest absolute Gasteiger partial charge is 0.411 e. The monoisotopic (exact) mass is 149 g/mol. The Kier molecular flexibility index (Phi) is 2.26. The normalized spacial score (nSPS) is 10.7. The van der Waals surface area contributed by atoms with Crippen LogP contribution in [0.4, 0.5) is 0 Å². The van der Waals surface area contributed by atoms with Gasteiger partial charge in [0.2, 0.25) is 0 Å². The standard InChI is InChI=1S/C9H11NO/c1-7-4-3-5-8(2)9(7)6-10-11/h3-6,11H,1-2H3. The molecule has 1 aromatic rings. The number of hydrogen-bond donors (Lipinski definition) is 1. The van der Waals surface area contributed by atoms with Crippen LogP contribution in [0.15, 0.2) is 23.4 Å². The molecule has 0 fully saturated rings. The van der Waals surface area contributed by atoms with Crippen molar-refractivity contribution in [3.05, 3.63) is 34.9 Å². The molecule has 0 aliphatic heterocycles. The summed E-state index contributed by atoms with van der Waals surface area (Å²) in [6.07, 6.45) is 1.46. The Labute approximate surface area is 66.2 Å². The van der Waals surface area contributed by atoms with Gasteiger partial charge in [-0.3, -0.25) is 0 Å². The first-order valence-electron chi connectivity index (χ1n) is 3.49. The van der Waals surface area contributed by atoms with Crippen molar-refractivity contribution in [2.24, 2.45) is 5.16 Å². The van der Waals surface area contributed by atoms with Crippen LogP contribution >= 0.6 is 0 Å². The molecule has 0 atom stereocenters. The van der Waals surface area contributed by atoms with Crippen LogP contribution in [-0.4, -0.2) is 11.4 Å². The smallest absolute Gasteiger partial charge is 0.0739 e. The van der Waals surface area contributed by atoms with Crippen LogP contribution in [0.3, 0.4) is 0 Å². The number of hydrogen-bond acceptors (Lipinski definition) is 2. The van der Waals surface area contributed by atoms with Gasteiger partial charge in [-0.05, 0) is 25.0 Å². The van der Waals surface area contributed by atoms with Crippen molar-refractivity contribution >= 4 is 6.21 Å². The van der Waals surface area contributed by atoms with E-state index < -0.39 is 0 Å². The number of aryl methyl sites for hydroxylation is 2. The number of nitrogens with zero attached hydrogens (tertiary/aromatic N) is 1. The van der Waals surface area contributed by atoms with Gasteiger partial charge in [-0.15, -0.1) is 0 Å². The van der Waals surface area contributed by atoms with E-state index in [2.05, 4.69) is 5.16 Å². The summed E-state index contributed by atoms with van der Waals surface area (Å²) in [6.45, 7) is 3.98. The molecule has 11 heavy (non-hydrogen) atoms. The van der Waals surface area contributed by atoms with Crippen molar-refractivity contribution in [2.45, 2.75) is 13.8 Å². The molecular formula is C9H11NO. The third-order valence-corrected chi connectivity index (χ3v) is 1.73. The molecule has 1 aromatic carbocycles. The van der Waals surface area contributed by atoms with Crippen molar-refractivity contribution < 1.29 is 5.21 Å². The average Bonchev–Trinajstić information content (AvgIpc) is 1.97. The highest BCUT2D eigenvalue weighted by molar-refractivity contribution is 5.83. The van der Waals surface area contributed by atoms with E-state index in [1.54, 1.807) is 0 Å². The highest BCUT2D eigenvalue weighted by Crippen LogP contribution is 2.09. The zero-order chi connectivity index (χ0) is 8.27. The fraction of sp³-hybridized carbons (Fsp3) is 0.222. The Morgan fingerprint density at radius 2 is 1.82 bits per heavy atom. The second-order valence-corrected chi connectivity index (χ2v) is 2.55. The minimum Gasteiger partial charge on any atom is -0.411 e. The first kappa shape index (κ1) is 7.79. The van der Waals surface area contributed by atoms with Crippen molar-refractivity contribution in [2.75, 3.05) is 0 Å². The maximum Gasteiger partial charge on any atom is 0.0739 e. The van der Waals surface area contributed by atoms with Gasteiger partial charge in [-0.2, -0.15) is 0 Å². The molecule has 1 rings (SSSR count). The average molecular weight is 149 g/mol. The molecule has 0 heterocycles. The van der Waals surface area contributed by atoms with Gasteiger partial charge in [-0.25, -0.2) is 0 Å². The molecule has 1 N–H and O–H groups in total. The van der Waals surface area contributed by atoms with E-state index in [-0.39, 0.29) is 0 Å². The molecule has 0 aromatic heterocycles. The van der Waals surface area contributed by atoms with Gasteiger partial charge in [0, 0.05) is 5.56 Å². The summed E-state index contributed by atoms with van der Waals surface area (Å²) in [7, 11) is 0. The van der Waals surface area contributed by atoms with E-state index in [4.69, 9.17) is 5.21 Å². The lowest BCUT2D eigenvalue weighted by Crippen LogP contribution is -1.90. The topological polar surface area (TPSA) is 32.6 Å². The first-order chi connectivity index (χ1) is 5.25. The summed E-state index contributed by atoms with van der Waals surface area (Å²) in [5.41, 5.74) is 3.25. The lowest BCUT2D eigenvalue weighted by atomic mass is 10.0. The third-order valence-electron chi connectivity index (χ3n) is 1.73. The van der Waals surface area contributed by atoms with Gasteiger partial charge in [0.1, 0.15) is 0 Å². The van der Waals surface area contributed by atoms with Gasteiger partial charge < -0.3 is 5.21 Å². The van der Waals surface area contributed by atoms with E-state index in [0.717, 1.165) is 16.7 Å². The second-order valence-electron chi connectivity index (χ2n) is 2.55. The quantitative estimate of drug-likeness (QED) is 0.370. The Morgan fingerprint density at radius 1 is 1.27 bits per heavy atom. The molecular weight excluding hydrogens is 138 g/mol. The Bertz CT molecular complexity index is 259. The van der Waals surface area contributed by atoms with E-state index in [1.807, 2.05) is 32.0 Å². The molecule has 0 unspecified atom stereocenters. The van der Waals surface area contributed by atoms with Crippen LogP contribution in [0.5, 0.6) is 0 Å². The lowest BCUT2D eigenvalue weighted by molar-refractivity contribution is 0.322. The third kappa shape index (κ3) is 1.58. The van der Waals surface area contributed by atoms with Crippen molar-refractivity contribution in [1.29, 1.82) is 0 Å². The van der Waals surface area contributed by atoms with Crippen molar-refractivity contribution in [3.63, 3.8) is 0 Å². The molecule has 0 saturated carbocycles. The molecule has 58 valence electrons. The van der Waals surface area contributed by atoms with E-state index in [1.165, 1.54) is 6.21 Å². The van der Waals surface area contributed by atoms with Crippen LogP contribution in [0.1, 0.15) is 16.7 Å². The second kappa shape index (κ2) is 3.19. The Morgan fingerprint density at radius 3 is 2.27 bits per heavy atom. The molecule has 2 heteroatoms. The fourth-order valence-corrected chi connectivity index (χ4v) is 1.09. The zero-order valence-corrected chi connectivity index (χ0v) is 6.70. The van der Waals surface area contributed by atoms with Crippen LogP contribution in [-0.2, 0) is 0 Å². The number of oxime groups is 1. The minimum absolute atomic E-state index is 0.995. The molecule has 2 nitrogen and oxygen atoms in total. The Balaban J connectivity index is 3.20. The van der Waals surface area contributed by atoms with E-state index in [0.29, 0.717) is 0 Å². The summed E-state index contributed by atoms with van der Waals surface area (Å²) in [5.74, 6) is 0. The summed E-state index contributed by atoms with van der Waals surface area (Å²) in [4.78, 5) is 0. The van der Waals surface area contributed by atoms with Crippen LogP contribution in [0.2, 0.25) is 0 Å². The molecule has 0 aliphatic carbocycles. The van der Waals surface area contributed by atoms with Crippen LogP contribution in [0, 0.1) is 13.8 Å². The summed E-state index contributed by atoms with van der Waals surface area (Å²) in [6, 6.07) is 5.97. The molecule has 0 spiro atoms. The summed E-state index contributed by atoms with van der Waals surface area (Å²) >= 11 is 0. The van der Waals surface area contributed by atoms with E-state index in [9.17, 15) is 0 Å². The molecule has 0 radical (unpaired) electrons.